The highest BCUT2D eigenvalue weighted by Crippen LogP contribution is 2.17. The van der Waals surface area contributed by atoms with Gasteiger partial charge in [-0.05, 0) is 43.4 Å². The minimum absolute atomic E-state index is 0.487. The van der Waals surface area contributed by atoms with Gasteiger partial charge in [-0.15, -0.1) is 0 Å². The average Bonchev–Trinajstić information content (AvgIpc) is 2.16. The van der Waals surface area contributed by atoms with E-state index in [0.29, 0.717) is 4.83 Å². The Bertz CT molecular complexity index is 305. The third kappa shape index (κ3) is 5.06. The molecule has 0 aliphatic rings. The van der Waals surface area contributed by atoms with E-state index in [1.807, 2.05) is 0 Å². The van der Waals surface area contributed by atoms with Crippen LogP contribution in [-0.2, 0) is 6.42 Å². The quantitative estimate of drug-likeness (QED) is 0.657. The van der Waals surface area contributed by atoms with Crippen molar-refractivity contribution in [3.63, 3.8) is 0 Å². The van der Waals surface area contributed by atoms with Crippen molar-refractivity contribution >= 4 is 15.9 Å². The fraction of sp³-hybridized carbons (Fsp3) is 0.538. The van der Waals surface area contributed by atoms with Gasteiger partial charge in [-0.25, -0.2) is 8.78 Å². The Hall–Kier alpha value is -0.440. The van der Waals surface area contributed by atoms with Crippen LogP contribution in [0.2, 0.25) is 0 Å². The molecule has 0 aromatic heterocycles. The topological polar surface area (TPSA) is 0 Å². The molecule has 1 atom stereocenters. The molecule has 0 aliphatic heterocycles. The van der Waals surface area contributed by atoms with Gasteiger partial charge in [0, 0.05) is 10.9 Å². The van der Waals surface area contributed by atoms with Crippen LogP contribution >= 0.6 is 15.9 Å². The van der Waals surface area contributed by atoms with Crippen molar-refractivity contribution in [2.24, 2.45) is 0 Å². The molecule has 0 fully saturated rings. The first-order valence-corrected chi connectivity index (χ1v) is 6.62. The van der Waals surface area contributed by atoms with Gasteiger partial charge >= 0.3 is 0 Å². The van der Waals surface area contributed by atoms with Crippen molar-refractivity contribution < 1.29 is 8.78 Å². The molecule has 0 N–H and O–H groups in total. The van der Waals surface area contributed by atoms with Crippen molar-refractivity contribution in [3.05, 3.63) is 35.4 Å². The van der Waals surface area contributed by atoms with E-state index in [9.17, 15) is 8.78 Å². The molecule has 0 saturated heterocycles. The van der Waals surface area contributed by atoms with Crippen LogP contribution in [0, 0.1) is 11.6 Å². The number of aryl methyl sites for hydroxylation is 1. The first-order valence-electron chi connectivity index (χ1n) is 5.71. The number of hydrogen-bond acceptors (Lipinski definition) is 0. The van der Waals surface area contributed by atoms with E-state index in [0.717, 1.165) is 43.7 Å². The van der Waals surface area contributed by atoms with Gasteiger partial charge in [-0.1, -0.05) is 29.3 Å². The third-order valence-electron chi connectivity index (χ3n) is 2.51. The molecule has 3 heteroatoms. The SMILES string of the molecule is CCCC(Br)CCCc1cc(F)cc(F)c1. The lowest BCUT2D eigenvalue weighted by Gasteiger charge is -2.08. The molecule has 0 bridgehead atoms. The average molecular weight is 291 g/mol. The van der Waals surface area contributed by atoms with Gasteiger partial charge in [0.2, 0.25) is 0 Å². The predicted octanol–water partition coefficient (Wildman–Crippen LogP) is 4.85. The molecule has 0 amide bonds. The Labute approximate surface area is 104 Å². The maximum atomic E-state index is 12.9. The summed E-state index contributed by atoms with van der Waals surface area (Å²) in [5.41, 5.74) is 0.744. The molecule has 0 nitrogen and oxygen atoms in total. The van der Waals surface area contributed by atoms with E-state index in [-0.39, 0.29) is 0 Å². The lowest BCUT2D eigenvalue weighted by Crippen LogP contribution is -1.98. The fourth-order valence-corrected chi connectivity index (χ4v) is 2.52. The Balaban J connectivity index is 2.37. The molecule has 0 heterocycles. The van der Waals surface area contributed by atoms with Crippen LogP contribution in [0.25, 0.3) is 0 Å². The smallest absolute Gasteiger partial charge is 0.126 e. The second-order valence-electron chi connectivity index (χ2n) is 4.06. The summed E-state index contributed by atoms with van der Waals surface area (Å²) >= 11 is 3.59. The first-order chi connectivity index (χ1) is 7.61. The van der Waals surface area contributed by atoms with Crippen LogP contribution in [0.3, 0.4) is 0 Å². The van der Waals surface area contributed by atoms with Crippen molar-refractivity contribution in [2.75, 3.05) is 0 Å². The normalized spacial score (nSPS) is 12.8. The van der Waals surface area contributed by atoms with Crippen molar-refractivity contribution in [1.82, 2.24) is 0 Å². The monoisotopic (exact) mass is 290 g/mol. The fourth-order valence-electron chi connectivity index (χ4n) is 1.74. The Morgan fingerprint density at radius 2 is 1.75 bits per heavy atom. The van der Waals surface area contributed by atoms with Gasteiger partial charge in [0.15, 0.2) is 0 Å². The van der Waals surface area contributed by atoms with Crippen LogP contribution in [0.15, 0.2) is 18.2 Å². The Morgan fingerprint density at radius 1 is 1.12 bits per heavy atom. The second-order valence-corrected chi connectivity index (χ2v) is 5.35. The van der Waals surface area contributed by atoms with Crippen molar-refractivity contribution in [2.45, 2.75) is 43.9 Å². The van der Waals surface area contributed by atoms with Crippen molar-refractivity contribution in [1.29, 1.82) is 0 Å². The number of rotatable bonds is 6. The standard InChI is InChI=1S/C13H17BrF2/c1-2-4-11(14)6-3-5-10-7-12(15)9-13(16)8-10/h7-9,11H,2-6H2,1H3. The maximum absolute atomic E-state index is 12.9. The van der Waals surface area contributed by atoms with Gasteiger partial charge < -0.3 is 0 Å². The van der Waals surface area contributed by atoms with E-state index in [1.54, 1.807) is 0 Å². The van der Waals surface area contributed by atoms with E-state index >= 15 is 0 Å². The summed E-state index contributed by atoms with van der Waals surface area (Å²) in [6.45, 7) is 2.15. The molecule has 1 aromatic rings. The number of benzene rings is 1. The zero-order chi connectivity index (χ0) is 12.0. The van der Waals surface area contributed by atoms with E-state index in [4.69, 9.17) is 0 Å². The number of halogens is 3. The summed E-state index contributed by atoms with van der Waals surface area (Å²) in [6, 6.07) is 3.73. The summed E-state index contributed by atoms with van der Waals surface area (Å²) in [4.78, 5) is 0.524. The summed E-state index contributed by atoms with van der Waals surface area (Å²) in [5, 5.41) is 0. The van der Waals surface area contributed by atoms with Crippen LogP contribution in [-0.4, -0.2) is 4.83 Å². The molecular formula is C13H17BrF2. The highest BCUT2D eigenvalue weighted by Gasteiger charge is 2.04. The summed E-state index contributed by atoms with van der Waals surface area (Å²) in [6.07, 6.45) is 5.05. The molecule has 0 spiro atoms. The highest BCUT2D eigenvalue weighted by atomic mass is 79.9. The molecule has 1 rings (SSSR count). The Morgan fingerprint density at radius 3 is 2.31 bits per heavy atom. The van der Waals surface area contributed by atoms with Gasteiger partial charge in [-0.3, -0.25) is 0 Å². The van der Waals surface area contributed by atoms with Crippen LogP contribution < -0.4 is 0 Å². The van der Waals surface area contributed by atoms with E-state index < -0.39 is 11.6 Å². The summed E-state index contributed by atoms with van der Waals surface area (Å²) in [5.74, 6) is -0.974. The van der Waals surface area contributed by atoms with E-state index in [2.05, 4.69) is 22.9 Å². The van der Waals surface area contributed by atoms with Crippen LogP contribution in [0.1, 0.15) is 38.2 Å². The summed E-state index contributed by atoms with van der Waals surface area (Å²) < 4.78 is 25.8. The summed E-state index contributed by atoms with van der Waals surface area (Å²) in [7, 11) is 0. The molecule has 1 unspecified atom stereocenters. The first kappa shape index (κ1) is 13.6. The van der Waals surface area contributed by atoms with Crippen LogP contribution in [0.4, 0.5) is 8.78 Å². The largest absolute Gasteiger partial charge is 0.207 e. The predicted molar refractivity (Wildman–Crippen MR) is 66.9 cm³/mol. The highest BCUT2D eigenvalue weighted by molar-refractivity contribution is 9.09. The molecule has 90 valence electrons. The van der Waals surface area contributed by atoms with Gasteiger partial charge in [0.1, 0.15) is 11.6 Å². The maximum Gasteiger partial charge on any atom is 0.126 e. The molecule has 1 aromatic carbocycles. The molecule has 0 radical (unpaired) electrons. The minimum atomic E-state index is -0.487. The zero-order valence-electron chi connectivity index (χ0n) is 9.48. The Kier molecular flexibility index (Phi) is 5.96. The van der Waals surface area contributed by atoms with Crippen LogP contribution in [0.5, 0.6) is 0 Å². The third-order valence-corrected chi connectivity index (χ3v) is 3.42. The number of hydrogen-bond donors (Lipinski definition) is 0. The van der Waals surface area contributed by atoms with E-state index in [1.165, 1.54) is 12.1 Å². The molecule has 16 heavy (non-hydrogen) atoms. The molecular weight excluding hydrogens is 274 g/mol. The molecule has 0 saturated carbocycles. The van der Waals surface area contributed by atoms with Gasteiger partial charge in [-0.2, -0.15) is 0 Å². The van der Waals surface area contributed by atoms with Crippen molar-refractivity contribution in [3.8, 4) is 0 Å². The zero-order valence-corrected chi connectivity index (χ0v) is 11.1. The number of alkyl halides is 1. The lowest BCUT2D eigenvalue weighted by molar-refractivity contribution is 0.576. The van der Waals surface area contributed by atoms with Gasteiger partial charge in [0.05, 0.1) is 0 Å². The lowest BCUT2D eigenvalue weighted by atomic mass is 10.1. The van der Waals surface area contributed by atoms with Gasteiger partial charge in [0.25, 0.3) is 0 Å². The minimum Gasteiger partial charge on any atom is -0.207 e. The second kappa shape index (κ2) is 7.00. The molecule has 0 aliphatic carbocycles.